The molecule has 3 heteroatoms. The first kappa shape index (κ1) is 9.88. The second-order valence-electron chi connectivity index (χ2n) is 2.53. The van der Waals surface area contributed by atoms with Crippen LogP contribution in [0.4, 0.5) is 0 Å². The summed E-state index contributed by atoms with van der Waals surface area (Å²) < 4.78 is 10.3. The van der Waals surface area contributed by atoms with Gasteiger partial charge in [-0.15, -0.1) is 0 Å². The van der Waals surface area contributed by atoms with Crippen LogP contribution in [-0.4, -0.2) is 23.5 Å². The van der Waals surface area contributed by atoms with Crippen LogP contribution >= 0.6 is 0 Å². The van der Waals surface area contributed by atoms with Crippen molar-refractivity contribution in [1.82, 2.24) is 0 Å². The van der Waals surface area contributed by atoms with E-state index in [2.05, 4.69) is 20.4 Å². The maximum Gasteiger partial charge on any atom is 0.350 e. The molecule has 0 amide bonds. The van der Waals surface area contributed by atoms with Gasteiger partial charge in [0, 0.05) is 14.2 Å². The third-order valence-electron chi connectivity index (χ3n) is 1.47. The molecule has 0 heterocycles. The first-order valence-corrected chi connectivity index (χ1v) is 4.89. The summed E-state index contributed by atoms with van der Waals surface area (Å²) in [5, 5.41) is 1.12. The standard InChI is InChI=1S/C7H16O2Si/c1-6(2)7(3)10(8-4)9-5/h6,10H,3H2,1-2,4-5H3. The van der Waals surface area contributed by atoms with E-state index >= 15 is 0 Å². The van der Waals surface area contributed by atoms with Gasteiger partial charge in [-0.05, 0) is 11.1 Å². The highest BCUT2D eigenvalue weighted by Gasteiger charge is 2.16. The number of hydrogen-bond donors (Lipinski definition) is 0. The van der Waals surface area contributed by atoms with Gasteiger partial charge in [-0.3, -0.25) is 0 Å². The van der Waals surface area contributed by atoms with Crippen molar-refractivity contribution >= 4 is 9.28 Å². The first-order valence-electron chi connectivity index (χ1n) is 3.37. The molecule has 0 aliphatic heterocycles. The van der Waals surface area contributed by atoms with Crippen molar-refractivity contribution in [3.63, 3.8) is 0 Å². The molecule has 0 atom stereocenters. The minimum atomic E-state index is -1.54. The zero-order valence-electron chi connectivity index (χ0n) is 7.18. The van der Waals surface area contributed by atoms with E-state index in [1.165, 1.54) is 0 Å². The highest BCUT2D eigenvalue weighted by Crippen LogP contribution is 2.10. The van der Waals surface area contributed by atoms with Crippen LogP contribution in [0.15, 0.2) is 11.8 Å². The fourth-order valence-corrected chi connectivity index (χ4v) is 2.01. The molecule has 0 saturated heterocycles. The van der Waals surface area contributed by atoms with Crippen molar-refractivity contribution in [3.05, 3.63) is 11.8 Å². The van der Waals surface area contributed by atoms with Gasteiger partial charge in [0.25, 0.3) is 0 Å². The molecule has 0 N–H and O–H groups in total. The fraction of sp³-hybridized carbons (Fsp3) is 0.714. The van der Waals surface area contributed by atoms with Gasteiger partial charge in [-0.2, -0.15) is 0 Å². The summed E-state index contributed by atoms with van der Waals surface area (Å²) in [7, 11) is 1.81. The lowest BCUT2D eigenvalue weighted by atomic mass is 10.2. The van der Waals surface area contributed by atoms with Crippen molar-refractivity contribution in [2.45, 2.75) is 13.8 Å². The Hall–Kier alpha value is -0.123. The summed E-state index contributed by atoms with van der Waals surface area (Å²) in [5.74, 6) is 0.469. The second kappa shape index (κ2) is 4.66. The molecule has 0 aromatic heterocycles. The Kier molecular flexibility index (Phi) is 4.60. The zero-order valence-corrected chi connectivity index (χ0v) is 8.33. The molecule has 2 nitrogen and oxygen atoms in total. The van der Waals surface area contributed by atoms with Crippen molar-refractivity contribution in [3.8, 4) is 0 Å². The van der Waals surface area contributed by atoms with Crippen molar-refractivity contribution in [1.29, 1.82) is 0 Å². The van der Waals surface area contributed by atoms with Crippen molar-refractivity contribution < 1.29 is 8.85 Å². The first-order chi connectivity index (χ1) is 4.63. The van der Waals surface area contributed by atoms with E-state index in [4.69, 9.17) is 8.85 Å². The van der Waals surface area contributed by atoms with Gasteiger partial charge in [0.1, 0.15) is 0 Å². The van der Waals surface area contributed by atoms with Crippen molar-refractivity contribution in [2.75, 3.05) is 14.2 Å². The predicted molar refractivity (Wildman–Crippen MR) is 45.1 cm³/mol. The molecule has 0 aromatic rings. The molecule has 60 valence electrons. The van der Waals surface area contributed by atoms with Gasteiger partial charge in [-0.25, -0.2) is 0 Å². The summed E-state index contributed by atoms with van der Waals surface area (Å²) in [4.78, 5) is 0. The lowest BCUT2D eigenvalue weighted by Crippen LogP contribution is -2.24. The van der Waals surface area contributed by atoms with Crippen LogP contribution in [0.25, 0.3) is 0 Å². The predicted octanol–water partition coefficient (Wildman–Crippen LogP) is 1.25. The Balaban J connectivity index is 3.89. The molecule has 0 aliphatic carbocycles. The monoisotopic (exact) mass is 160 g/mol. The van der Waals surface area contributed by atoms with E-state index in [0.717, 1.165) is 5.20 Å². The van der Waals surface area contributed by atoms with Crippen LogP contribution in [0.1, 0.15) is 13.8 Å². The van der Waals surface area contributed by atoms with Gasteiger partial charge in [0.05, 0.1) is 0 Å². The molecule has 0 unspecified atom stereocenters. The van der Waals surface area contributed by atoms with E-state index in [1.54, 1.807) is 14.2 Å². The zero-order chi connectivity index (χ0) is 8.15. The van der Waals surface area contributed by atoms with Crippen LogP contribution in [-0.2, 0) is 8.85 Å². The summed E-state index contributed by atoms with van der Waals surface area (Å²) in [6, 6.07) is 0. The van der Waals surface area contributed by atoms with Gasteiger partial charge >= 0.3 is 9.28 Å². The average molecular weight is 160 g/mol. The molecular formula is C7H16O2Si. The smallest absolute Gasteiger partial charge is 0.350 e. The van der Waals surface area contributed by atoms with E-state index < -0.39 is 9.28 Å². The maximum absolute atomic E-state index is 5.14. The fourth-order valence-electron chi connectivity index (χ4n) is 0.671. The minimum absolute atomic E-state index is 0.469. The Morgan fingerprint density at radius 2 is 1.70 bits per heavy atom. The van der Waals surface area contributed by atoms with Gasteiger partial charge in [0.15, 0.2) is 0 Å². The van der Waals surface area contributed by atoms with E-state index in [-0.39, 0.29) is 0 Å². The lowest BCUT2D eigenvalue weighted by molar-refractivity contribution is 0.283. The minimum Gasteiger partial charge on any atom is -0.397 e. The molecule has 0 aromatic carbocycles. The third kappa shape index (κ3) is 2.64. The van der Waals surface area contributed by atoms with Crippen LogP contribution in [0, 0.1) is 5.92 Å². The maximum atomic E-state index is 5.14. The molecule has 0 fully saturated rings. The summed E-state index contributed by atoms with van der Waals surface area (Å²) in [6.07, 6.45) is 0. The van der Waals surface area contributed by atoms with Gasteiger partial charge in [0.2, 0.25) is 0 Å². The Labute approximate surface area is 64.7 Å². The quantitative estimate of drug-likeness (QED) is 0.576. The topological polar surface area (TPSA) is 18.5 Å². The number of allylic oxidation sites excluding steroid dienone is 1. The highest BCUT2D eigenvalue weighted by molar-refractivity contribution is 6.53. The molecule has 0 spiro atoms. The van der Waals surface area contributed by atoms with Crippen LogP contribution in [0.3, 0.4) is 0 Å². The molecule has 10 heavy (non-hydrogen) atoms. The summed E-state index contributed by atoms with van der Waals surface area (Å²) in [5.41, 5.74) is 0. The van der Waals surface area contributed by atoms with E-state index in [9.17, 15) is 0 Å². The molecule has 0 aliphatic rings. The Bertz CT molecular complexity index is 108. The number of hydrogen-bond acceptors (Lipinski definition) is 2. The molecular weight excluding hydrogens is 144 g/mol. The highest BCUT2D eigenvalue weighted by atomic mass is 28.3. The van der Waals surface area contributed by atoms with Crippen LogP contribution in [0.2, 0.25) is 0 Å². The van der Waals surface area contributed by atoms with Crippen molar-refractivity contribution in [2.24, 2.45) is 5.92 Å². The summed E-state index contributed by atoms with van der Waals surface area (Å²) in [6.45, 7) is 8.10. The van der Waals surface area contributed by atoms with Gasteiger partial charge in [-0.1, -0.05) is 20.4 Å². The molecule has 0 saturated carbocycles. The molecule has 0 rings (SSSR count). The Morgan fingerprint density at radius 3 is 1.80 bits per heavy atom. The summed E-state index contributed by atoms with van der Waals surface area (Å²) >= 11 is 0. The van der Waals surface area contributed by atoms with Gasteiger partial charge < -0.3 is 8.85 Å². The largest absolute Gasteiger partial charge is 0.397 e. The van der Waals surface area contributed by atoms with Crippen LogP contribution in [0.5, 0.6) is 0 Å². The SMILES string of the molecule is C=C(C(C)C)[SiH](OC)OC. The second-order valence-corrected chi connectivity index (χ2v) is 4.88. The molecule has 0 radical (unpaired) electrons. The van der Waals surface area contributed by atoms with Crippen LogP contribution < -0.4 is 0 Å². The average Bonchev–Trinajstić information content (AvgIpc) is 1.90. The van der Waals surface area contributed by atoms with E-state index in [0.29, 0.717) is 5.92 Å². The Morgan fingerprint density at radius 1 is 1.30 bits per heavy atom. The van der Waals surface area contributed by atoms with E-state index in [1.807, 2.05) is 0 Å². The lowest BCUT2D eigenvalue weighted by Gasteiger charge is -2.16. The third-order valence-corrected chi connectivity index (χ3v) is 3.60. The molecule has 0 bridgehead atoms. The number of rotatable bonds is 4. The normalized spacial score (nSPS) is 11.0.